The van der Waals surface area contributed by atoms with Gasteiger partial charge >= 0.3 is 0 Å². The van der Waals surface area contributed by atoms with Gasteiger partial charge in [0.2, 0.25) is 21.8 Å². The lowest BCUT2D eigenvalue weighted by Gasteiger charge is -2.38. The van der Waals surface area contributed by atoms with Crippen LogP contribution in [0.1, 0.15) is 30.1 Å². The largest absolute Gasteiger partial charge is 0.494 e. The number of hydrazine groups is 1. The standard InChI is InChI=1S/C24H26N4O6S/c1-3-35(32,33)27-20-12-11-16(14-21(20)34-2)25-22(29)15-7-6-8-17(13-15)28-24(31)19-10-5-4-9-18(19)23(30)26-28/h4-8,11-14,18-19,27H,3,9-10H2,1-2H3,(H,25,29)(H,26,30). The van der Waals surface area contributed by atoms with E-state index in [9.17, 15) is 22.8 Å². The number of amides is 3. The van der Waals surface area contributed by atoms with Crippen molar-refractivity contribution in [1.82, 2.24) is 5.43 Å². The Labute approximate surface area is 203 Å². The molecule has 1 saturated heterocycles. The molecule has 1 aliphatic carbocycles. The summed E-state index contributed by atoms with van der Waals surface area (Å²) in [4.78, 5) is 38.5. The van der Waals surface area contributed by atoms with Crippen LogP contribution in [-0.2, 0) is 19.6 Å². The van der Waals surface area contributed by atoms with E-state index in [1.54, 1.807) is 24.3 Å². The van der Waals surface area contributed by atoms with Crippen molar-refractivity contribution in [3.63, 3.8) is 0 Å². The molecule has 2 aliphatic rings. The summed E-state index contributed by atoms with van der Waals surface area (Å²) in [5.74, 6) is -1.55. The van der Waals surface area contributed by atoms with E-state index < -0.39 is 21.8 Å². The number of anilines is 3. The van der Waals surface area contributed by atoms with Crippen LogP contribution in [0.2, 0.25) is 0 Å². The maximum atomic E-state index is 13.0. The molecule has 35 heavy (non-hydrogen) atoms. The summed E-state index contributed by atoms with van der Waals surface area (Å²) in [6, 6.07) is 10.9. The number of sulfonamides is 1. The molecular formula is C24H26N4O6S. The normalized spacial score (nSPS) is 19.5. The van der Waals surface area contributed by atoms with Crippen LogP contribution in [0, 0.1) is 11.8 Å². The number of carbonyl (C=O) groups excluding carboxylic acids is 3. The number of nitrogens with zero attached hydrogens (tertiary/aromatic N) is 1. The number of methoxy groups -OCH3 is 1. The Bertz CT molecular complexity index is 1310. The van der Waals surface area contributed by atoms with Gasteiger partial charge in [0.25, 0.3) is 5.91 Å². The summed E-state index contributed by atoms with van der Waals surface area (Å²) in [6.45, 7) is 1.52. The molecule has 3 N–H and O–H groups in total. The number of hydrogen-bond acceptors (Lipinski definition) is 6. The third-order valence-electron chi connectivity index (χ3n) is 6.00. The zero-order valence-corrected chi connectivity index (χ0v) is 20.1. The van der Waals surface area contributed by atoms with Gasteiger partial charge in [0.15, 0.2) is 0 Å². The first-order valence-electron chi connectivity index (χ1n) is 11.1. The minimum absolute atomic E-state index is 0.0942. The number of rotatable bonds is 7. The molecule has 11 heteroatoms. The summed E-state index contributed by atoms with van der Waals surface area (Å²) < 4.78 is 31.4. The van der Waals surface area contributed by atoms with Gasteiger partial charge in [0, 0.05) is 17.3 Å². The van der Waals surface area contributed by atoms with E-state index in [-0.39, 0.29) is 40.5 Å². The van der Waals surface area contributed by atoms with Crippen LogP contribution < -0.4 is 25.2 Å². The van der Waals surface area contributed by atoms with E-state index >= 15 is 0 Å². The van der Waals surface area contributed by atoms with Crippen molar-refractivity contribution in [1.29, 1.82) is 0 Å². The average Bonchev–Trinajstić information content (AvgIpc) is 2.87. The Morgan fingerprint density at radius 3 is 2.57 bits per heavy atom. The lowest BCUT2D eigenvalue weighted by atomic mass is 9.80. The summed E-state index contributed by atoms with van der Waals surface area (Å²) in [6.07, 6.45) is 4.85. The van der Waals surface area contributed by atoms with Gasteiger partial charge in [-0.15, -0.1) is 0 Å². The Morgan fingerprint density at radius 1 is 1.11 bits per heavy atom. The first kappa shape index (κ1) is 24.3. The highest BCUT2D eigenvalue weighted by Crippen LogP contribution is 2.33. The second kappa shape index (κ2) is 9.79. The van der Waals surface area contributed by atoms with Gasteiger partial charge in [-0.05, 0) is 50.1 Å². The highest BCUT2D eigenvalue weighted by atomic mass is 32.2. The van der Waals surface area contributed by atoms with Crippen LogP contribution in [0.25, 0.3) is 0 Å². The van der Waals surface area contributed by atoms with Gasteiger partial charge in [-0.25, -0.2) is 13.4 Å². The zero-order chi connectivity index (χ0) is 25.2. The molecule has 2 aromatic carbocycles. The number of fused-ring (bicyclic) bond motifs is 1. The molecule has 1 aliphatic heterocycles. The molecule has 1 fully saturated rings. The Balaban J connectivity index is 1.52. The highest BCUT2D eigenvalue weighted by molar-refractivity contribution is 7.92. The molecule has 0 aromatic heterocycles. The van der Waals surface area contributed by atoms with Gasteiger partial charge in [-0.1, -0.05) is 18.2 Å². The monoisotopic (exact) mass is 498 g/mol. The first-order chi connectivity index (χ1) is 16.7. The summed E-state index contributed by atoms with van der Waals surface area (Å²) in [7, 11) is -2.11. The Morgan fingerprint density at radius 2 is 1.86 bits per heavy atom. The second-order valence-corrected chi connectivity index (χ2v) is 10.2. The SMILES string of the molecule is CCS(=O)(=O)Nc1ccc(NC(=O)c2cccc(N3NC(=O)C4CC=CCC4C3=O)c2)cc1OC. The minimum Gasteiger partial charge on any atom is -0.494 e. The maximum Gasteiger partial charge on any atom is 0.255 e. The van der Waals surface area contributed by atoms with Crippen LogP contribution >= 0.6 is 0 Å². The van der Waals surface area contributed by atoms with Gasteiger partial charge < -0.3 is 10.1 Å². The van der Waals surface area contributed by atoms with E-state index in [1.165, 1.54) is 37.2 Å². The molecule has 0 bridgehead atoms. The molecule has 2 atom stereocenters. The van der Waals surface area contributed by atoms with Crippen molar-refractivity contribution in [3.05, 3.63) is 60.2 Å². The molecule has 184 valence electrons. The number of nitrogens with one attached hydrogen (secondary N) is 3. The molecule has 10 nitrogen and oxygen atoms in total. The molecule has 4 rings (SSSR count). The molecule has 2 unspecified atom stereocenters. The second-order valence-electron chi connectivity index (χ2n) is 8.23. The minimum atomic E-state index is -3.50. The molecule has 3 amide bonds. The van der Waals surface area contributed by atoms with Crippen molar-refractivity contribution < 1.29 is 27.5 Å². The summed E-state index contributed by atoms with van der Waals surface area (Å²) >= 11 is 0. The Kier molecular flexibility index (Phi) is 6.79. The van der Waals surface area contributed by atoms with Crippen LogP contribution in [0.15, 0.2) is 54.6 Å². The van der Waals surface area contributed by atoms with Crippen LogP contribution in [0.3, 0.4) is 0 Å². The van der Waals surface area contributed by atoms with Gasteiger partial charge in [0.1, 0.15) is 5.75 Å². The molecule has 1 heterocycles. The van der Waals surface area contributed by atoms with E-state index in [0.717, 1.165) is 0 Å². The fraction of sp³-hybridized carbons (Fsp3) is 0.292. The molecule has 0 saturated carbocycles. The van der Waals surface area contributed by atoms with Crippen LogP contribution in [0.4, 0.5) is 17.1 Å². The maximum absolute atomic E-state index is 13.0. The predicted molar refractivity (Wildman–Crippen MR) is 131 cm³/mol. The van der Waals surface area contributed by atoms with Gasteiger partial charge in [-0.3, -0.25) is 24.5 Å². The number of benzene rings is 2. The summed E-state index contributed by atoms with van der Waals surface area (Å²) in [5, 5.41) is 3.94. The summed E-state index contributed by atoms with van der Waals surface area (Å²) in [5.41, 5.74) is 3.94. The average molecular weight is 499 g/mol. The van der Waals surface area contributed by atoms with Crippen molar-refractivity contribution in [2.45, 2.75) is 19.8 Å². The molecule has 2 aromatic rings. The smallest absolute Gasteiger partial charge is 0.255 e. The zero-order valence-electron chi connectivity index (χ0n) is 19.3. The molecular weight excluding hydrogens is 472 g/mol. The van der Waals surface area contributed by atoms with Crippen LogP contribution in [0.5, 0.6) is 5.75 Å². The molecule has 0 radical (unpaired) electrons. The number of allylic oxidation sites excluding steroid dienone is 2. The lowest BCUT2D eigenvalue weighted by molar-refractivity contribution is -0.139. The topological polar surface area (TPSA) is 134 Å². The van der Waals surface area contributed by atoms with Crippen molar-refractivity contribution >= 4 is 44.8 Å². The lowest BCUT2D eigenvalue weighted by Crippen LogP contribution is -2.59. The van der Waals surface area contributed by atoms with E-state index in [0.29, 0.717) is 24.2 Å². The van der Waals surface area contributed by atoms with Gasteiger partial charge in [-0.2, -0.15) is 0 Å². The third-order valence-corrected chi connectivity index (χ3v) is 7.29. The Hall–Kier alpha value is -3.86. The van der Waals surface area contributed by atoms with Crippen molar-refractivity contribution in [2.24, 2.45) is 11.8 Å². The van der Waals surface area contributed by atoms with Crippen molar-refractivity contribution in [3.8, 4) is 5.75 Å². The predicted octanol–water partition coefficient (Wildman–Crippen LogP) is 2.67. The fourth-order valence-electron chi connectivity index (χ4n) is 4.07. The highest BCUT2D eigenvalue weighted by Gasteiger charge is 2.42. The number of carbonyl (C=O) groups is 3. The first-order valence-corrected chi connectivity index (χ1v) is 12.8. The van der Waals surface area contributed by atoms with E-state index in [4.69, 9.17) is 4.74 Å². The molecule has 0 spiro atoms. The van der Waals surface area contributed by atoms with E-state index in [1.807, 2.05) is 12.2 Å². The third kappa shape index (κ3) is 5.14. The van der Waals surface area contributed by atoms with E-state index in [2.05, 4.69) is 15.5 Å². The van der Waals surface area contributed by atoms with Crippen molar-refractivity contribution in [2.75, 3.05) is 27.9 Å². The quantitative estimate of drug-likeness (QED) is 0.503. The number of ether oxygens (including phenoxy) is 1. The van der Waals surface area contributed by atoms with Crippen LogP contribution in [-0.4, -0.2) is 39.0 Å². The van der Waals surface area contributed by atoms with Gasteiger partial charge in [0.05, 0.1) is 36.1 Å². The fourth-order valence-corrected chi connectivity index (χ4v) is 4.71. The number of hydrogen-bond donors (Lipinski definition) is 3.